The molecule has 2 nitrogen and oxygen atoms in total. The number of rotatable bonds is 3. The van der Waals surface area contributed by atoms with Gasteiger partial charge in [0.1, 0.15) is 5.78 Å². The van der Waals surface area contributed by atoms with Crippen LogP contribution in [0.4, 0.5) is 0 Å². The molecule has 2 fully saturated rings. The van der Waals surface area contributed by atoms with E-state index in [0.29, 0.717) is 12.3 Å². The summed E-state index contributed by atoms with van der Waals surface area (Å²) < 4.78 is 0.138. The molecule has 0 radical (unpaired) electrons. The smallest absolute Gasteiger partial charge is 0.135 e. The quantitative estimate of drug-likeness (QED) is 0.781. The highest BCUT2D eigenvalue weighted by Crippen LogP contribution is 2.46. The molecule has 0 aromatic rings. The van der Waals surface area contributed by atoms with Crippen LogP contribution in [0.2, 0.25) is 0 Å². The topological polar surface area (TPSA) is 43.1 Å². The Labute approximate surface area is 90.0 Å². The van der Waals surface area contributed by atoms with Crippen LogP contribution in [-0.4, -0.2) is 22.3 Å². The number of thioether (sulfide) groups is 1. The van der Waals surface area contributed by atoms with E-state index in [0.717, 1.165) is 18.1 Å². The maximum atomic E-state index is 11.0. The van der Waals surface area contributed by atoms with E-state index in [1.165, 1.54) is 32.1 Å². The number of hydrogen-bond donors (Lipinski definition) is 1. The Kier molecular flexibility index (Phi) is 3.17. The summed E-state index contributed by atoms with van der Waals surface area (Å²) in [5, 5.41) is 0.778. The Morgan fingerprint density at radius 2 is 1.93 bits per heavy atom. The lowest BCUT2D eigenvalue weighted by Crippen LogP contribution is -2.48. The molecule has 2 saturated carbocycles. The molecule has 2 rings (SSSR count). The van der Waals surface area contributed by atoms with E-state index in [4.69, 9.17) is 5.73 Å². The summed E-state index contributed by atoms with van der Waals surface area (Å²) in [6, 6.07) is 0. The molecule has 0 saturated heterocycles. The molecule has 2 N–H and O–H groups in total. The van der Waals surface area contributed by atoms with Gasteiger partial charge in [0.05, 0.1) is 0 Å². The van der Waals surface area contributed by atoms with Gasteiger partial charge in [-0.25, -0.2) is 0 Å². The van der Waals surface area contributed by atoms with Crippen molar-refractivity contribution in [3.05, 3.63) is 0 Å². The van der Waals surface area contributed by atoms with Crippen LogP contribution in [0, 0.1) is 0 Å². The van der Waals surface area contributed by atoms with Gasteiger partial charge in [0.15, 0.2) is 0 Å². The van der Waals surface area contributed by atoms with Crippen molar-refractivity contribution in [1.82, 2.24) is 0 Å². The van der Waals surface area contributed by atoms with Crippen molar-refractivity contribution in [3.8, 4) is 0 Å². The number of carbonyl (C=O) groups is 1. The molecule has 0 heterocycles. The Bertz CT molecular complexity index is 215. The summed E-state index contributed by atoms with van der Waals surface area (Å²) in [7, 11) is 0. The lowest BCUT2D eigenvalue weighted by atomic mass is 9.83. The first kappa shape index (κ1) is 10.5. The summed E-state index contributed by atoms with van der Waals surface area (Å²) in [5.74, 6) is 0.402. The molecular weight excluding hydrogens is 194 g/mol. The number of carbonyl (C=O) groups excluding carboxylic acids is 1. The number of nitrogens with two attached hydrogens (primary N) is 1. The summed E-state index contributed by atoms with van der Waals surface area (Å²) in [6.45, 7) is 0.680. The lowest BCUT2D eigenvalue weighted by molar-refractivity contribution is -0.125. The fourth-order valence-electron chi connectivity index (χ4n) is 2.48. The highest BCUT2D eigenvalue weighted by Gasteiger charge is 2.44. The van der Waals surface area contributed by atoms with Gasteiger partial charge in [-0.2, -0.15) is 0 Å². The van der Waals surface area contributed by atoms with Crippen LogP contribution in [0.1, 0.15) is 44.9 Å². The maximum Gasteiger partial charge on any atom is 0.135 e. The second-order valence-corrected chi connectivity index (χ2v) is 6.43. The fraction of sp³-hybridized carbons (Fsp3) is 0.909. The van der Waals surface area contributed by atoms with Gasteiger partial charge in [0.2, 0.25) is 0 Å². The standard InChI is InChI=1S/C11H19NOS/c12-8-11(6-9(13)7-11)14-10-4-2-1-3-5-10/h10H,1-8,12H2. The van der Waals surface area contributed by atoms with Gasteiger partial charge in [-0.1, -0.05) is 19.3 Å². The first-order chi connectivity index (χ1) is 6.74. The molecule has 0 aliphatic heterocycles. The molecule has 2 aliphatic rings. The largest absolute Gasteiger partial charge is 0.329 e. The molecule has 0 unspecified atom stereocenters. The number of hydrogen-bond acceptors (Lipinski definition) is 3. The molecule has 0 atom stereocenters. The van der Waals surface area contributed by atoms with Crippen LogP contribution in [0.25, 0.3) is 0 Å². The third-order valence-electron chi connectivity index (χ3n) is 3.38. The normalized spacial score (nSPS) is 27.4. The zero-order valence-corrected chi connectivity index (χ0v) is 9.44. The van der Waals surface area contributed by atoms with Crippen LogP contribution in [0.3, 0.4) is 0 Å². The summed E-state index contributed by atoms with van der Waals surface area (Å²) >= 11 is 2.01. The van der Waals surface area contributed by atoms with E-state index >= 15 is 0 Å². The predicted molar refractivity (Wildman–Crippen MR) is 60.5 cm³/mol. The minimum atomic E-state index is 0.138. The monoisotopic (exact) mass is 213 g/mol. The van der Waals surface area contributed by atoms with Gasteiger partial charge < -0.3 is 5.73 Å². The van der Waals surface area contributed by atoms with E-state index in [-0.39, 0.29) is 4.75 Å². The van der Waals surface area contributed by atoms with Gasteiger partial charge in [-0.05, 0) is 12.8 Å². The Balaban J connectivity index is 1.85. The molecule has 0 amide bonds. The molecule has 0 aromatic carbocycles. The maximum absolute atomic E-state index is 11.0. The van der Waals surface area contributed by atoms with E-state index in [1.54, 1.807) is 0 Å². The average molecular weight is 213 g/mol. The van der Waals surface area contributed by atoms with Crippen molar-refractivity contribution >= 4 is 17.5 Å². The van der Waals surface area contributed by atoms with Crippen molar-refractivity contribution in [2.45, 2.75) is 54.9 Å². The summed E-state index contributed by atoms with van der Waals surface area (Å²) in [5.41, 5.74) is 5.78. The van der Waals surface area contributed by atoms with Crippen LogP contribution in [-0.2, 0) is 4.79 Å². The van der Waals surface area contributed by atoms with Crippen LogP contribution in [0.15, 0.2) is 0 Å². The van der Waals surface area contributed by atoms with E-state index in [1.807, 2.05) is 11.8 Å². The molecule has 2 aliphatic carbocycles. The predicted octanol–water partition coefficient (Wildman–Crippen LogP) is 2.11. The average Bonchev–Trinajstić information content (AvgIpc) is 2.16. The van der Waals surface area contributed by atoms with Gasteiger partial charge in [0, 0.05) is 29.4 Å². The van der Waals surface area contributed by atoms with Gasteiger partial charge in [-0.3, -0.25) is 4.79 Å². The molecule has 0 aromatic heterocycles. The van der Waals surface area contributed by atoms with Crippen molar-refractivity contribution in [2.75, 3.05) is 6.54 Å². The number of Topliss-reactive ketones (excluding diaryl/α,β-unsaturated/α-hetero) is 1. The molecule has 0 spiro atoms. The second kappa shape index (κ2) is 4.23. The summed E-state index contributed by atoms with van der Waals surface area (Å²) in [6.07, 6.45) is 8.25. The zero-order chi connectivity index (χ0) is 10.0. The van der Waals surface area contributed by atoms with Crippen molar-refractivity contribution < 1.29 is 4.79 Å². The molecule has 80 valence electrons. The minimum Gasteiger partial charge on any atom is -0.329 e. The number of ketones is 1. The molecule has 3 heteroatoms. The fourth-order valence-corrected chi connectivity index (χ4v) is 4.34. The Hall–Kier alpha value is -0.0200. The summed E-state index contributed by atoms with van der Waals surface area (Å²) in [4.78, 5) is 11.0. The molecule has 14 heavy (non-hydrogen) atoms. The highest BCUT2D eigenvalue weighted by atomic mass is 32.2. The van der Waals surface area contributed by atoms with E-state index in [2.05, 4.69) is 0 Å². The van der Waals surface area contributed by atoms with Crippen molar-refractivity contribution in [2.24, 2.45) is 5.73 Å². The molecule has 0 bridgehead atoms. The third-order valence-corrected chi connectivity index (χ3v) is 5.14. The van der Waals surface area contributed by atoms with E-state index < -0.39 is 0 Å². The van der Waals surface area contributed by atoms with Crippen LogP contribution >= 0.6 is 11.8 Å². The second-order valence-electron chi connectivity index (χ2n) is 4.66. The first-order valence-electron chi connectivity index (χ1n) is 5.64. The Morgan fingerprint density at radius 1 is 1.29 bits per heavy atom. The highest BCUT2D eigenvalue weighted by molar-refractivity contribution is 8.01. The lowest BCUT2D eigenvalue weighted by Gasteiger charge is -2.42. The van der Waals surface area contributed by atoms with Crippen LogP contribution < -0.4 is 5.73 Å². The van der Waals surface area contributed by atoms with Gasteiger partial charge >= 0.3 is 0 Å². The SMILES string of the molecule is NCC1(SC2CCCCC2)CC(=O)C1. The minimum absolute atomic E-state index is 0.138. The Morgan fingerprint density at radius 3 is 2.43 bits per heavy atom. The van der Waals surface area contributed by atoms with Crippen molar-refractivity contribution in [3.63, 3.8) is 0 Å². The van der Waals surface area contributed by atoms with Crippen molar-refractivity contribution in [1.29, 1.82) is 0 Å². The van der Waals surface area contributed by atoms with Crippen LogP contribution in [0.5, 0.6) is 0 Å². The first-order valence-corrected chi connectivity index (χ1v) is 6.52. The van der Waals surface area contributed by atoms with Gasteiger partial charge in [0.25, 0.3) is 0 Å². The third kappa shape index (κ3) is 2.14. The van der Waals surface area contributed by atoms with Gasteiger partial charge in [-0.15, -0.1) is 11.8 Å². The molecular formula is C11H19NOS. The zero-order valence-electron chi connectivity index (χ0n) is 8.63. The van der Waals surface area contributed by atoms with E-state index in [9.17, 15) is 4.79 Å².